The van der Waals surface area contributed by atoms with Crippen LogP contribution in [0.1, 0.15) is 36.1 Å². The Labute approximate surface area is 95.9 Å². The molecule has 1 aromatic rings. The van der Waals surface area contributed by atoms with E-state index in [4.69, 9.17) is 0 Å². The summed E-state index contributed by atoms with van der Waals surface area (Å²) in [6, 6.07) is 2.29. The molecule has 1 unspecified atom stereocenters. The smallest absolute Gasteiger partial charge is 0.0139 e. The van der Waals surface area contributed by atoms with Crippen LogP contribution in [0.15, 0.2) is 11.4 Å². The first-order valence-corrected chi connectivity index (χ1v) is 6.96. The Balaban J connectivity index is 1.95. The molecule has 1 aliphatic carbocycles. The molecule has 3 rings (SSSR count). The molecule has 1 aliphatic heterocycles. The van der Waals surface area contributed by atoms with Crippen LogP contribution in [0.2, 0.25) is 0 Å². The molecule has 2 aliphatic rings. The molecular formula is C13H19NS. The van der Waals surface area contributed by atoms with Crippen LogP contribution < -0.4 is 5.32 Å². The van der Waals surface area contributed by atoms with Gasteiger partial charge in [-0.15, -0.1) is 11.3 Å². The molecule has 0 spiro atoms. The third kappa shape index (κ3) is 1.38. The van der Waals surface area contributed by atoms with E-state index in [1.54, 1.807) is 4.88 Å². The van der Waals surface area contributed by atoms with Crippen molar-refractivity contribution in [2.45, 2.75) is 38.0 Å². The predicted molar refractivity (Wildman–Crippen MR) is 65.6 cm³/mol. The minimum absolute atomic E-state index is 0.571. The zero-order valence-corrected chi connectivity index (χ0v) is 10.2. The quantitative estimate of drug-likeness (QED) is 0.809. The van der Waals surface area contributed by atoms with Crippen molar-refractivity contribution >= 4 is 11.3 Å². The highest BCUT2D eigenvalue weighted by molar-refractivity contribution is 7.10. The van der Waals surface area contributed by atoms with Crippen LogP contribution in [0.3, 0.4) is 0 Å². The third-order valence-corrected chi connectivity index (χ3v) is 5.64. The van der Waals surface area contributed by atoms with Crippen molar-refractivity contribution in [1.29, 1.82) is 0 Å². The van der Waals surface area contributed by atoms with E-state index in [-0.39, 0.29) is 0 Å². The van der Waals surface area contributed by atoms with Gasteiger partial charge in [0.05, 0.1) is 0 Å². The Bertz CT molecular complexity index is 345. The van der Waals surface area contributed by atoms with Crippen molar-refractivity contribution in [3.05, 3.63) is 21.9 Å². The first-order valence-electron chi connectivity index (χ1n) is 6.08. The van der Waals surface area contributed by atoms with E-state index in [0.29, 0.717) is 5.41 Å². The number of hydrogen-bond acceptors (Lipinski definition) is 2. The van der Waals surface area contributed by atoms with Gasteiger partial charge < -0.3 is 5.32 Å². The van der Waals surface area contributed by atoms with Gasteiger partial charge in [-0.1, -0.05) is 6.42 Å². The van der Waals surface area contributed by atoms with E-state index < -0.39 is 0 Å². The second-order valence-corrected chi connectivity index (χ2v) is 6.05. The Kier molecular flexibility index (Phi) is 2.37. The lowest BCUT2D eigenvalue weighted by Gasteiger charge is -2.46. The number of aryl methyl sites for hydroxylation is 1. The molecule has 0 bridgehead atoms. The first kappa shape index (κ1) is 9.86. The Hall–Kier alpha value is -0.340. The van der Waals surface area contributed by atoms with Gasteiger partial charge in [0.1, 0.15) is 0 Å². The molecule has 82 valence electrons. The highest BCUT2D eigenvalue weighted by Crippen LogP contribution is 2.53. The summed E-state index contributed by atoms with van der Waals surface area (Å²) in [4.78, 5) is 1.70. The van der Waals surface area contributed by atoms with Gasteiger partial charge in [0.2, 0.25) is 0 Å². The van der Waals surface area contributed by atoms with Crippen molar-refractivity contribution in [1.82, 2.24) is 5.32 Å². The fraction of sp³-hybridized carbons (Fsp3) is 0.692. The third-order valence-electron chi connectivity index (χ3n) is 4.40. The van der Waals surface area contributed by atoms with Crippen LogP contribution in [0, 0.1) is 12.8 Å². The van der Waals surface area contributed by atoms with Crippen molar-refractivity contribution in [2.75, 3.05) is 13.1 Å². The molecule has 0 amide bonds. The Morgan fingerprint density at radius 3 is 2.80 bits per heavy atom. The molecule has 1 aromatic heterocycles. The van der Waals surface area contributed by atoms with E-state index in [9.17, 15) is 0 Å². The minimum atomic E-state index is 0.571. The number of rotatable bonds is 2. The number of hydrogen-bond donors (Lipinski definition) is 1. The summed E-state index contributed by atoms with van der Waals surface area (Å²) in [5.41, 5.74) is 2.11. The average Bonchev–Trinajstić information content (AvgIpc) is 2.77. The molecule has 1 nitrogen and oxygen atoms in total. The number of thiophene rings is 1. The summed E-state index contributed by atoms with van der Waals surface area (Å²) in [7, 11) is 0. The minimum Gasteiger partial charge on any atom is -0.316 e. The second-order valence-electron chi connectivity index (χ2n) is 5.13. The summed E-state index contributed by atoms with van der Waals surface area (Å²) in [6.45, 7) is 4.77. The maximum Gasteiger partial charge on any atom is 0.0139 e. The van der Waals surface area contributed by atoms with Crippen LogP contribution in [-0.4, -0.2) is 13.1 Å². The molecule has 2 heteroatoms. The monoisotopic (exact) mass is 221 g/mol. The van der Waals surface area contributed by atoms with Crippen molar-refractivity contribution in [2.24, 2.45) is 5.92 Å². The molecule has 2 fully saturated rings. The summed E-state index contributed by atoms with van der Waals surface area (Å²) >= 11 is 1.99. The molecular weight excluding hydrogens is 202 g/mol. The van der Waals surface area contributed by atoms with Crippen LogP contribution in [-0.2, 0) is 5.41 Å². The van der Waals surface area contributed by atoms with Gasteiger partial charge in [0, 0.05) is 10.3 Å². The van der Waals surface area contributed by atoms with E-state index in [1.165, 1.54) is 44.3 Å². The maximum atomic E-state index is 3.53. The molecule has 0 aromatic carbocycles. The van der Waals surface area contributed by atoms with Crippen LogP contribution in [0.25, 0.3) is 0 Å². The van der Waals surface area contributed by atoms with E-state index in [0.717, 1.165) is 5.92 Å². The first-order chi connectivity index (χ1) is 7.33. The van der Waals surface area contributed by atoms with Gasteiger partial charge in [-0.2, -0.15) is 0 Å². The summed E-state index contributed by atoms with van der Waals surface area (Å²) < 4.78 is 0. The van der Waals surface area contributed by atoms with Crippen molar-refractivity contribution in [3.8, 4) is 0 Å². The van der Waals surface area contributed by atoms with Gasteiger partial charge in [-0.3, -0.25) is 0 Å². The van der Waals surface area contributed by atoms with Gasteiger partial charge >= 0.3 is 0 Å². The lowest BCUT2D eigenvalue weighted by Crippen LogP contribution is -2.42. The fourth-order valence-corrected chi connectivity index (χ4v) is 4.66. The van der Waals surface area contributed by atoms with Gasteiger partial charge in [-0.25, -0.2) is 0 Å². The van der Waals surface area contributed by atoms with E-state index in [2.05, 4.69) is 23.7 Å². The lowest BCUT2D eigenvalue weighted by atomic mass is 9.59. The fourth-order valence-electron chi connectivity index (χ4n) is 3.39. The summed E-state index contributed by atoms with van der Waals surface area (Å²) in [6.07, 6.45) is 5.69. The molecule has 2 heterocycles. The molecule has 15 heavy (non-hydrogen) atoms. The highest BCUT2D eigenvalue weighted by atomic mass is 32.1. The van der Waals surface area contributed by atoms with E-state index >= 15 is 0 Å². The largest absolute Gasteiger partial charge is 0.316 e. The van der Waals surface area contributed by atoms with Crippen molar-refractivity contribution in [3.63, 3.8) is 0 Å². The van der Waals surface area contributed by atoms with Crippen LogP contribution >= 0.6 is 11.3 Å². The van der Waals surface area contributed by atoms with Gasteiger partial charge in [0.25, 0.3) is 0 Å². The van der Waals surface area contributed by atoms with Gasteiger partial charge in [0.15, 0.2) is 0 Å². The highest BCUT2D eigenvalue weighted by Gasteiger charge is 2.47. The summed E-state index contributed by atoms with van der Waals surface area (Å²) in [5.74, 6) is 0.906. The van der Waals surface area contributed by atoms with Gasteiger partial charge in [-0.05, 0) is 62.2 Å². The van der Waals surface area contributed by atoms with E-state index in [1.807, 2.05) is 11.3 Å². The lowest BCUT2D eigenvalue weighted by molar-refractivity contribution is 0.160. The Morgan fingerprint density at radius 1 is 1.47 bits per heavy atom. The molecule has 0 radical (unpaired) electrons. The topological polar surface area (TPSA) is 12.0 Å². The SMILES string of the molecule is Cc1ccsc1C1(C2CCNC2)CCC1. The maximum absolute atomic E-state index is 3.53. The number of nitrogens with one attached hydrogen (secondary N) is 1. The second kappa shape index (κ2) is 3.60. The Morgan fingerprint density at radius 2 is 2.33 bits per heavy atom. The van der Waals surface area contributed by atoms with Crippen LogP contribution in [0.4, 0.5) is 0 Å². The van der Waals surface area contributed by atoms with Crippen molar-refractivity contribution < 1.29 is 0 Å². The summed E-state index contributed by atoms with van der Waals surface area (Å²) in [5, 5.41) is 5.80. The normalized spacial score (nSPS) is 29.0. The molecule has 1 N–H and O–H groups in total. The van der Waals surface area contributed by atoms with Crippen LogP contribution in [0.5, 0.6) is 0 Å². The molecule has 1 saturated heterocycles. The zero-order valence-electron chi connectivity index (χ0n) is 9.38. The molecule has 1 atom stereocenters. The molecule has 1 saturated carbocycles. The predicted octanol–water partition coefficient (Wildman–Crippen LogP) is 3.09. The average molecular weight is 221 g/mol. The standard InChI is InChI=1S/C13H19NS/c1-10-4-8-15-12(10)13(5-2-6-13)11-3-7-14-9-11/h4,8,11,14H,2-3,5-7,9H2,1H3. The zero-order chi connectivity index (χ0) is 10.3.